The van der Waals surface area contributed by atoms with Gasteiger partial charge in [-0.2, -0.15) is 0 Å². The summed E-state index contributed by atoms with van der Waals surface area (Å²) >= 11 is 0. The van der Waals surface area contributed by atoms with E-state index >= 15 is 0 Å². The van der Waals surface area contributed by atoms with Gasteiger partial charge in [0.15, 0.2) is 0 Å². The fourth-order valence-electron chi connectivity index (χ4n) is 4.54. The van der Waals surface area contributed by atoms with Gasteiger partial charge in [-0.1, -0.05) is 36.4 Å². The van der Waals surface area contributed by atoms with Crippen molar-refractivity contribution >= 4 is 6.03 Å². The van der Waals surface area contributed by atoms with E-state index in [0.29, 0.717) is 5.92 Å². The number of rotatable bonds is 6. The number of pyridine rings is 1. The summed E-state index contributed by atoms with van der Waals surface area (Å²) < 4.78 is 0. The molecule has 1 aromatic carbocycles. The van der Waals surface area contributed by atoms with E-state index in [1.54, 1.807) is 0 Å². The van der Waals surface area contributed by atoms with E-state index in [1.165, 1.54) is 18.4 Å². The lowest BCUT2D eigenvalue weighted by atomic mass is 9.92. The van der Waals surface area contributed by atoms with Gasteiger partial charge in [0.25, 0.3) is 0 Å². The lowest BCUT2D eigenvalue weighted by Crippen LogP contribution is -2.47. The predicted molar refractivity (Wildman–Crippen MR) is 116 cm³/mol. The van der Waals surface area contributed by atoms with Crippen LogP contribution in [-0.4, -0.2) is 53.5 Å². The first-order valence-corrected chi connectivity index (χ1v) is 11.0. The average molecular weight is 393 g/mol. The van der Waals surface area contributed by atoms with Crippen LogP contribution in [0.1, 0.15) is 43.0 Å². The summed E-state index contributed by atoms with van der Waals surface area (Å²) in [7, 11) is 0. The fraction of sp³-hybridized carbons (Fsp3) is 0.500. The number of hydrogen-bond acceptors (Lipinski definition) is 3. The zero-order chi connectivity index (χ0) is 19.9. The second-order valence-corrected chi connectivity index (χ2v) is 8.38. The highest BCUT2D eigenvalue weighted by Crippen LogP contribution is 2.22. The van der Waals surface area contributed by atoms with Gasteiger partial charge in [-0.05, 0) is 68.8 Å². The minimum atomic E-state index is 0.0491. The van der Waals surface area contributed by atoms with Gasteiger partial charge in [0.1, 0.15) is 0 Å². The highest BCUT2D eigenvalue weighted by atomic mass is 16.2. The van der Waals surface area contributed by atoms with Gasteiger partial charge in [0, 0.05) is 31.5 Å². The van der Waals surface area contributed by atoms with Gasteiger partial charge in [0.2, 0.25) is 0 Å². The zero-order valence-corrected chi connectivity index (χ0v) is 17.2. The van der Waals surface area contributed by atoms with Crippen molar-refractivity contribution in [2.45, 2.75) is 38.1 Å². The number of aromatic nitrogens is 1. The first-order chi connectivity index (χ1) is 14.3. The van der Waals surface area contributed by atoms with Crippen LogP contribution < -0.4 is 5.32 Å². The minimum absolute atomic E-state index is 0.0491. The van der Waals surface area contributed by atoms with Crippen LogP contribution in [0.15, 0.2) is 54.7 Å². The topological polar surface area (TPSA) is 48.5 Å². The molecule has 2 amide bonds. The Morgan fingerprint density at radius 2 is 1.72 bits per heavy atom. The maximum absolute atomic E-state index is 13.0. The molecule has 2 saturated heterocycles. The Balaban J connectivity index is 1.32. The van der Waals surface area contributed by atoms with Crippen molar-refractivity contribution in [2.24, 2.45) is 5.92 Å². The van der Waals surface area contributed by atoms with E-state index < -0.39 is 0 Å². The van der Waals surface area contributed by atoms with Gasteiger partial charge >= 0.3 is 6.03 Å². The molecular formula is C24H32N4O. The zero-order valence-electron chi connectivity index (χ0n) is 17.2. The number of nitrogens with zero attached hydrogens (tertiary/aromatic N) is 3. The molecule has 2 aromatic rings. The summed E-state index contributed by atoms with van der Waals surface area (Å²) in [6.45, 7) is 4.82. The molecule has 1 aromatic heterocycles. The van der Waals surface area contributed by atoms with E-state index in [9.17, 15) is 4.79 Å². The lowest BCUT2D eigenvalue weighted by Gasteiger charge is -2.34. The van der Waals surface area contributed by atoms with Gasteiger partial charge in [0.05, 0.1) is 6.04 Å². The minimum Gasteiger partial charge on any atom is -0.330 e. The summed E-state index contributed by atoms with van der Waals surface area (Å²) in [5, 5.41) is 3.33. The van der Waals surface area contributed by atoms with Crippen molar-refractivity contribution in [3.63, 3.8) is 0 Å². The monoisotopic (exact) mass is 392 g/mol. The quantitative estimate of drug-likeness (QED) is 0.812. The van der Waals surface area contributed by atoms with Crippen LogP contribution in [0, 0.1) is 5.92 Å². The van der Waals surface area contributed by atoms with Gasteiger partial charge in [-0.15, -0.1) is 0 Å². The van der Waals surface area contributed by atoms with E-state index in [2.05, 4.69) is 51.6 Å². The fourth-order valence-corrected chi connectivity index (χ4v) is 4.54. The first kappa shape index (κ1) is 19.9. The van der Waals surface area contributed by atoms with Crippen molar-refractivity contribution in [2.75, 3.05) is 32.7 Å². The third-order valence-corrected chi connectivity index (χ3v) is 6.26. The Hall–Kier alpha value is -2.40. The standard InChI is InChI=1S/C24H32N4O/c29-24(28-16-11-20(12-17-28)18-22-10-4-5-13-25-22)26-23(19-27-14-6-7-15-27)21-8-2-1-3-9-21/h1-5,8-10,13,20,23H,6-7,11-12,14-19H2,(H,26,29). The number of urea groups is 1. The highest BCUT2D eigenvalue weighted by Gasteiger charge is 2.26. The smallest absolute Gasteiger partial charge is 0.317 e. The van der Waals surface area contributed by atoms with Crippen LogP contribution in [0.5, 0.6) is 0 Å². The molecule has 0 aliphatic carbocycles. The largest absolute Gasteiger partial charge is 0.330 e. The number of amides is 2. The molecule has 0 radical (unpaired) electrons. The number of piperidine rings is 1. The Labute approximate surface area is 174 Å². The molecule has 2 aliphatic heterocycles. The number of benzene rings is 1. The Morgan fingerprint density at radius 3 is 2.41 bits per heavy atom. The first-order valence-electron chi connectivity index (χ1n) is 11.0. The Bertz CT molecular complexity index is 753. The van der Waals surface area contributed by atoms with E-state index in [1.807, 2.05) is 23.2 Å². The van der Waals surface area contributed by atoms with E-state index in [0.717, 1.165) is 57.7 Å². The third kappa shape index (κ3) is 5.57. The van der Waals surface area contributed by atoms with Gasteiger partial charge in [-0.3, -0.25) is 4.98 Å². The van der Waals surface area contributed by atoms with Gasteiger partial charge < -0.3 is 15.1 Å². The van der Waals surface area contributed by atoms with Crippen molar-refractivity contribution in [1.29, 1.82) is 0 Å². The molecule has 29 heavy (non-hydrogen) atoms. The number of likely N-dealkylation sites (tertiary alicyclic amines) is 2. The molecule has 1 unspecified atom stereocenters. The van der Waals surface area contributed by atoms with E-state index in [-0.39, 0.29) is 12.1 Å². The summed E-state index contributed by atoms with van der Waals surface area (Å²) in [6, 6.07) is 16.6. The molecule has 1 atom stereocenters. The second kappa shape index (κ2) is 9.88. The summed E-state index contributed by atoms with van der Waals surface area (Å²) in [5.41, 5.74) is 2.35. The van der Waals surface area contributed by atoms with Crippen LogP contribution in [0.4, 0.5) is 4.79 Å². The molecule has 3 heterocycles. The van der Waals surface area contributed by atoms with Crippen LogP contribution in [0.3, 0.4) is 0 Å². The average Bonchev–Trinajstić information content (AvgIpc) is 3.28. The third-order valence-electron chi connectivity index (χ3n) is 6.26. The van der Waals surface area contributed by atoms with Crippen molar-refractivity contribution in [1.82, 2.24) is 20.1 Å². The predicted octanol–water partition coefficient (Wildman–Crippen LogP) is 3.88. The van der Waals surface area contributed by atoms with Crippen LogP contribution in [0.25, 0.3) is 0 Å². The molecule has 0 spiro atoms. The molecule has 0 bridgehead atoms. The number of hydrogen-bond donors (Lipinski definition) is 1. The van der Waals surface area contributed by atoms with Crippen molar-refractivity contribution < 1.29 is 4.79 Å². The normalized spacial score (nSPS) is 19.2. The Kier molecular flexibility index (Phi) is 6.78. The van der Waals surface area contributed by atoms with Crippen molar-refractivity contribution in [3.05, 3.63) is 66.0 Å². The number of carbonyl (C=O) groups excluding carboxylic acids is 1. The Morgan fingerprint density at radius 1 is 1.00 bits per heavy atom. The molecule has 2 fully saturated rings. The molecule has 5 nitrogen and oxygen atoms in total. The maximum Gasteiger partial charge on any atom is 0.317 e. The van der Waals surface area contributed by atoms with Crippen LogP contribution in [0.2, 0.25) is 0 Å². The van der Waals surface area contributed by atoms with E-state index in [4.69, 9.17) is 0 Å². The molecule has 0 saturated carbocycles. The number of nitrogens with one attached hydrogen (secondary N) is 1. The summed E-state index contributed by atoms with van der Waals surface area (Å²) in [5.74, 6) is 0.614. The molecule has 4 rings (SSSR count). The maximum atomic E-state index is 13.0. The molecule has 5 heteroatoms. The van der Waals surface area contributed by atoms with Crippen LogP contribution >= 0.6 is 0 Å². The van der Waals surface area contributed by atoms with Crippen LogP contribution in [-0.2, 0) is 6.42 Å². The lowest BCUT2D eigenvalue weighted by molar-refractivity contribution is 0.163. The molecule has 154 valence electrons. The second-order valence-electron chi connectivity index (χ2n) is 8.38. The molecular weight excluding hydrogens is 360 g/mol. The summed E-state index contributed by atoms with van der Waals surface area (Å²) in [6.07, 6.45) is 7.50. The summed E-state index contributed by atoms with van der Waals surface area (Å²) in [4.78, 5) is 21.9. The number of carbonyl (C=O) groups is 1. The van der Waals surface area contributed by atoms with Crippen molar-refractivity contribution in [3.8, 4) is 0 Å². The highest BCUT2D eigenvalue weighted by molar-refractivity contribution is 5.74. The molecule has 2 aliphatic rings. The SMILES string of the molecule is O=C(NC(CN1CCCC1)c1ccccc1)N1CCC(Cc2ccccn2)CC1. The van der Waals surface area contributed by atoms with Gasteiger partial charge in [-0.25, -0.2) is 4.79 Å². The molecule has 1 N–H and O–H groups in total.